The number of phenols is 1. The molecule has 0 radical (unpaired) electrons. The van der Waals surface area contributed by atoms with Crippen molar-refractivity contribution in [2.24, 2.45) is 7.05 Å². The van der Waals surface area contributed by atoms with Crippen molar-refractivity contribution >= 4 is 21.8 Å². The summed E-state index contributed by atoms with van der Waals surface area (Å²) in [7, 11) is 2.08. The Kier molecular flexibility index (Phi) is 4.08. The van der Waals surface area contributed by atoms with Gasteiger partial charge in [-0.05, 0) is 59.7 Å². The molecule has 0 bridgehead atoms. The zero-order chi connectivity index (χ0) is 21.7. The first kappa shape index (κ1) is 18.4. The van der Waals surface area contributed by atoms with E-state index >= 15 is 0 Å². The molecule has 154 valence electrons. The lowest BCUT2D eigenvalue weighted by molar-refractivity contribution is 0.475. The van der Waals surface area contributed by atoms with E-state index in [0.717, 1.165) is 22.3 Å². The van der Waals surface area contributed by atoms with Crippen LogP contribution in [0.25, 0.3) is 55.8 Å². The number of nitrogens with zero attached hydrogens (tertiary/aromatic N) is 3. The predicted molar refractivity (Wildman–Crippen MR) is 126 cm³/mol. The molecule has 0 amide bonds. The molecule has 0 aliphatic rings. The van der Waals surface area contributed by atoms with Gasteiger partial charge in [-0.15, -0.1) is 10.2 Å². The standard InChI is InChI=1S/C27H19N3O2/c1-30-24-5-3-2-4-22(24)23-16-20(12-15-25(23)30)27-29-28-26(32-27)19-8-6-17(7-9-19)18-10-13-21(31)14-11-18/h2-16,31H,1H3. The minimum atomic E-state index is 0.255. The highest BCUT2D eigenvalue weighted by Gasteiger charge is 2.14. The Hall–Kier alpha value is -4.38. The van der Waals surface area contributed by atoms with E-state index in [9.17, 15) is 5.11 Å². The van der Waals surface area contributed by atoms with Crippen molar-refractivity contribution in [1.29, 1.82) is 0 Å². The Morgan fingerprint density at radius 2 is 1.19 bits per heavy atom. The molecule has 0 fully saturated rings. The number of phenolic OH excluding ortho intramolecular Hbond substituents is 1. The van der Waals surface area contributed by atoms with Crippen LogP contribution in [-0.2, 0) is 7.05 Å². The van der Waals surface area contributed by atoms with E-state index in [1.807, 2.05) is 42.5 Å². The summed E-state index contributed by atoms with van der Waals surface area (Å²) in [4.78, 5) is 0. The fourth-order valence-electron chi connectivity index (χ4n) is 4.22. The smallest absolute Gasteiger partial charge is 0.248 e. The molecule has 0 aliphatic heterocycles. The molecule has 5 heteroatoms. The number of aromatic nitrogens is 3. The van der Waals surface area contributed by atoms with Crippen LogP contribution in [0, 0.1) is 0 Å². The summed E-state index contributed by atoms with van der Waals surface area (Å²) in [6, 6.07) is 29.7. The summed E-state index contributed by atoms with van der Waals surface area (Å²) >= 11 is 0. The summed E-state index contributed by atoms with van der Waals surface area (Å²) in [6.07, 6.45) is 0. The molecule has 0 aliphatic carbocycles. The second-order valence-corrected chi connectivity index (χ2v) is 7.84. The van der Waals surface area contributed by atoms with Crippen LogP contribution < -0.4 is 0 Å². The van der Waals surface area contributed by atoms with Crippen LogP contribution in [0.4, 0.5) is 0 Å². The first-order valence-corrected chi connectivity index (χ1v) is 10.4. The maximum absolute atomic E-state index is 9.48. The number of fused-ring (bicyclic) bond motifs is 3. The van der Waals surface area contributed by atoms with E-state index in [1.165, 1.54) is 21.8 Å². The van der Waals surface area contributed by atoms with E-state index in [-0.39, 0.29) is 5.75 Å². The van der Waals surface area contributed by atoms with Crippen LogP contribution in [0.1, 0.15) is 0 Å². The molecule has 5 nitrogen and oxygen atoms in total. The SMILES string of the molecule is Cn1c2ccccc2c2cc(-c3nnc(-c4ccc(-c5ccc(O)cc5)cc4)o3)ccc21. The van der Waals surface area contributed by atoms with Gasteiger partial charge < -0.3 is 14.1 Å². The van der Waals surface area contributed by atoms with Crippen LogP contribution in [0.3, 0.4) is 0 Å². The van der Waals surface area contributed by atoms with E-state index in [2.05, 4.69) is 58.2 Å². The predicted octanol–water partition coefficient (Wildman–Crippen LogP) is 6.42. The third kappa shape index (κ3) is 2.94. The Balaban J connectivity index is 1.35. The molecule has 6 aromatic rings. The van der Waals surface area contributed by atoms with E-state index < -0.39 is 0 Å². The molecule has 2 aromatic heterocycles. The number of benzene rings is 4. The fourth-order valence-corrected chi connectivity index (χ4v) is 4.22. The first-order valence-electron chi connectivity index (χ1n) is 10.4. The van der Waals surface area contributed by atoms with Crippen molar-refractivity contribution in [3.63, 3.8) is 0 Å². The van der Waals surface area contributed by atoms with Gasteiger partial charge in [-0.1, -0.05) is 42.5 Å². The lowest BCUT2D eigenvalue weighted by Crippen LogP contribution is -1.86. The van der Waals surface area contributed by atoms with Gasteiger partial charge in [0, 0.05) is 40.0 Å². The number of hydrogen-bond donors (Lipinski definition) is 1. The first-order chi connectivity index (χ1) is 15.7. The van der Waals surface area contributed by atoms with Crippen molar-refractivity contribution in [2.75, 3.05) is 0 Å². The van der Waals surface area contributed by atoms with Gasteiger partial charge >= 0.3 is 0 Å². The van der Waals surface area contributed by atoms with E-state index in [0.29, 0.717) is 11.8 Å². The lowest BCUT2D eigenvalue weighted by Gasteiger charge is -2.03. The van der Waals surface area contributed by atoms with Crippen molar-refractivity contribution in [3.8, 4) is 39.8 Å². The Morgan fingerprint density at radius 3 is 1.94 bits per heavy atom. The zero-order valence-electron chi connectivity index (χ0n) is 17.4. The van der Waals surface area contributed by atoms with Gasteiger partial charge in [0.2, 0.25) is 11.8 Å². The minimum Gasteiger partial charge on any atom is -0.508 e. The monoisotopic (exact) mass is 417 g/mol. The van der Waals surface area contributed by atoms with Crippen molar-refractivity contribution in [3.05, 3.63) is 91.0 Å². The highest BCUT2D eigenvalue weighted by Crippen LogP contribution is 2.33. The number of aromatic hydroxyl groups is 1. The second-order valence-electron chi connectivity index (χ2n) is 7.84. The molecular formula is C27H19N3O2. The number of hydrogen-bond acceptors (Lipinski definition) is 4. The van der Waals surface area contributed by atoms with Crippen LogP contribution in [-0.4, -0.2) is 19.9 Å². The van der Waals surface area contributed by atoms with Crippen LogP contribution in [0.2, 0.25) is 0 Å². The highest BCUT2D eigenvalue weighted by molar-refractivity contribution is 6.09. The van der Waals surface area contributed by atoms with Gasteiger partial charge in [-0.3, -0.25) is 0 Å². The average molecular weight is 417 g/mol. The van der Waals surface area contributed by atoms with E-state index in [4.69, 9.17) is 4.42 Å². The van der Waals surface area contributed by atoms with Gasteiger partial charge in [0.1, 0.15) is 5.75 Å². The largest absolute Gasteiger partial charge is 0.508 e. The fraction of sp³-hybridized carbons (Fsp3) is 0.0370. The number of rotatable bonds is 3. The summed E-state index contributed by atoms with van der Waals surface area (Å²) in [5.74, 6) is 1.23. The molecule has 0 spiro atoms. The van der Waals surface area contributed by atoms with Crippen LogP contribution >= 0.6 is 0 Å². The van der Waals surface area contributed by atoms with Gasteiger partial charge in [-0.25, -0.2) is 0 Å². The third-order valence-corrected chi connectivity index (χ3v) is 5.92. The van der Waals surface area contributed by atoms with Gasteiger partial charge in [-0.2, -0.15) is 0 Å². The molecule has 0 saturated heterocycles. The van der Waals surface area contributed by atoms with Crippen molar-refractivity contribution in [1.82, 2.24) is 14.8 Å². The molecule has 0 saturated carbocycles. The maximum atomic E-state index is 9.48. The Labute approximate surface area is 184 Å². The summed E-state index contributed by atoms with van der Waals surface area (Å²) in [5.41, 5.74) is 6.20. The minimum absolute atomic E-state index is 0.255. The zero-order valence-corrected chi connectivity index (χ0v) is 17.4. The van der Waals surface area contributed by atoms with Gasteiger partial charge in [0.05, 0.1) is 0 Å². The quantitative estimate of drug-likeness (QED) is 0.361. The summed E-state index contributed by atoms with van der Waals surface area (Å²) in [5, 5.41) is 20.4. The molecule has 0 unspecified atom stereocenters. The van der Waals surface area contributed by atoms with Crippen molar-refractivity contribution < 1.29 is 9.52 Å². The summed E-state index contributed by atoms with van der Waals surface area (Å²) < 4.78 is 8.22. The van der Waals surface area contributed by atoms with Gasteiger partial charge in [0.25, 0.3) is 0 Å². The normalized spacial score (nSPS) is 11.4. The lowest BCUT2D eigenvalue weighted by atomic mass is 10.0. The maximum Gasteiger partial charge on any atom is 0.248 e. The molecule has 6 rings (SSSR count). The van der Waals surface area contributed by atoms with Crippen molar-refractivity contribution in [2.45, 2.75) is 0 Å². The summed E-state index contributed by atoms with van der Waals surface area (Å²) in [6.45, 7) is 0. The Bertz CT molecular complexity index is 1580. The van der Waals surface area contributed by atoms with Gasteiger partial charge in [0.15, 0.2) is 0 Å². The molecule has 4 aromatic carbocycles. The van der Waals surface area contributed by atoms with Crippen LogP contribution in [0.5, 0.6) is 5.75 Å². The third-order valence-electron chi connectivity index (χ3n) is 5.92. The molecule has 2 heterocycles. The number of para-hydroxylation sites is 1. The average Bonchev–Trinajstić information content (AvgIpc) is 3.44. The molecular weight excluding hydrogens is 398 g/mol. The molecule has 1 N–H and O–H groups in total. The Morgan fingerprint density at radius 1 is 0.625 bits per heavy atom. The van der Waals surface area contributed by atoms with Crippen LogP contribution in [0.15, 0.2) is 95.4 Å². The van der Waals surface area contributed by atoms with E-state index in [1.54, 1.807) is 12.1 Å². The topological polar surface area (TPSA) is 64.1 Å². The molecule has 32 heavy (non-hydrogen) atoms. The number of aryl methyl sites for hydroxylation is 1. The highest BCUT2D eigenvalue weighted by atomic mass is 16.4. The molecule has 0 atom stereocenters. The second kappa shape index (κ2) is 7.10.